The van der Waals surface area contributed by atoms with Crippen molar-refractivity contribution in [3.05, 3.63) is 0 Å². The topological polar surface area (TPSA) is 152 Å². The SMILES string of the molecule is CC(C)C(=O)OC(OC(=O)ON1C(=O)[C@H](OC(=O)C(C)C)[C@@H](OC(=O)C(C)C)C1=O)C(C)C. The van der Waals surface area contributed by atoms with Crippen LogP contribution >= 0.6 is 0 Å². The molecule has 0 bridgehead atoms. The van der Waals surface area contributed by atoms with Gasteiger partial charge in [0.25, 0.3) is 6.29 Å². The Labute approximate surface area is 191 Å². The van der Waals surface area contributed by atoms with Crippen molar-refractivity contribution in [2.75, 3.05) is 0 Å². The lowest BCUT2D eigenvalue weighted by atomic mass is 10.2. The fraction of sp³-hybridized carbons (Fsp3) is 0.714. The van der Waals surface area contributed by atoms with Crippen LogP contribution in [-0.4, -0.2) is 59.4 Å². The van der Waals surface area contributed by atoms with Gasteiger partial charge >= 0.3 is 35.9 Å². The van der Waals surface area contributed by atoms with Crippen LogP contribution in [0.2, 0.25) is 0 Å². The molecule has 0 aromatic carbocycles. The maximum atomic E-state index is 12.7. The van der Waals surface area contributed by atoms with Gasteiger partial charge < -0.3 is 18.9 Å². The molecular formula is C21H31NO11. The van der Waals surface area contributed by atoms with E-state index in [1.165, 1.54) is 27.7 Å². The number of hydrogen-bond donors (Lipinski definition) is 0. The average molecular weight is 473 g/mol. The monoisotopic (exact) mass is 473 g/mol. The molecule has 2 amide bonds. The molecule has 12 nitrogen and oxygen atoms in total. The standard InChI is InChI=1S/C21H31NO11/c1-9(2)17(25)29-13-14(30-18(26)10(3)4)16(24)22(15(13)23)33-21(28)32-20(12(7)8)31-19(27)11(5)6/h9-14,20H,1-8H3/t13-,14-,20?/m1/s1. The third-order valence-corrected chi connectivity index (χ3v) is 4.22. The van der Waals surface area contributed by atoms with Crippen molar-refractivity contribution in [1.29, 1.82) is 0 Å². The molecule has 1 aliphatic heterocycles. The number of amides is 2. The van der Waals surface area contributed by atoms with Crippen molar-refractivity contribution in [2.45, 2.75) is 73.9 Å². The fourth-order valence-corrected chi connectivity index (χ4v) is 2.17. The molecule has 1 saturated heterocycles. The summed E-state index contributed by atoms with van der Waals surface area (Å²) < 4.78 is 20.1. The van der Waals surface area contributed by atoms with Crippen LogP contribution in [0.5, 0.6) is 0 Å². The van der Waals surface area contributed by atoms with Crippen LogP contribution in [0.15, 0.2) is 0 Å². The molecular weight excluding hydrogens is 442 g/mol. The first kappa shape index (κ1) is 27.9. The molecule has 0 saturated carbocycles. The molecule has 0 aliphatic carbocycles. The molecule has 1 fully saturated rings. The van der Waals surface area contributed by atoms with Gasteiger partial charge in [0.1, 0.15) is 0 Å². The Morgan fingerprint density at radius 2 is 1.06 bits per heavy atom. The smallest absolute Gasteiger partial charge is 0.447 e. The quantitative estimate of drug-likeness (QED) is 0.208. The number of ether oxygens (including phenoxy) is 4. The highest BCUT2D eigenvalue weighted by molar-refractivity contribution is 6.08. The van der Waals surface area contributed by atoms with E-state index < -0.39 is 78.0 Å². The lowest BCUT2D eigenvalue weighted by Gasteiger charge is -2.22. The van der Waals surface area contributed by atoms with Gasteiger partial charge in [-0.1, -0.05) is 60.5 Å². The molecule has 1 aliphatic rings. The van der Waals surface area contributed by atoms with Crippen LogP contribution in [0.1, 0.15) is 55.4 Å². The molecule has 0 aromatic rings. The maximum Gasteiger partial charge on any atom is 0.537 e. The fourth-order valence-electron chi connectivity index (χ4n) is 2.17. The van der Waals surface area contributed by atoms with Gasteiger partial charge in [-0.2, -0.15) is 0 Å². The predicted molar refractivity (Wildman–Crippen MR) is 108 cm³/mol. The zero-order chi connectivity index (χ0) is 25.6. The summed E-state index contributed by atoms with van der Waals surface area (Å²) in [5, 5.41) is 0.000530. The van der Waals surface area contributed by atoms with Gasteiger partial charge in [-0.25, -0.2) is 4.79 Å². The molecule has 0 radical (unpaired) electrons. The Morgan fingerprint density at radius 1 is 0.667 bits per heavy atom. The summed E-state index contributed by atoms with van der Waals surface area (Å²) in [6.45, 7) is 12.3. The van der Waals surface area contributed by atoms with Crippen LogP contribution in [0, 0.1) is 23.7 Å². The molecule has 12 heteroatoms. The summed E-state index contributed by atoms with van der Waals surface area (Å²) in [5.41, 5.74) is 0. The molecule has 0 spiro atoms. The van der Waals surface area contributed by atoms with Crippen molar-refractivity contribution >= 4 is 35.9 Å². The number of imide groups is 1. The van der Waals surface area contributed by atoms with Crippen molar-refractivity contribution in [3.8, 4) is 0 Å². The number of hydrogen-bond acceptors (Lipinski definition) is 11. The number of esters is 3. The number of carbonyl (C=O) groups is 6. The highest BCUT2D eigenvalue weighted by atomic mass is 16.9. The number of rotatable bonds is 9. The average Bonchev–Trinajstić information content (AvgIpc) is 2.91. The van der Waals surface area contributed by atoms with Gasteiger partial charge in [-0.3, -0.25) is 28.8 Å². The largest absolute Gasteiger partial charge is 0.537 e. The van der Waals surface area contributed by atoms with E-state index in [-0.39, 0.29) is 5.06 Å². The zero-order valence-electron chi connectivity index (χ0n) is 20.0. The molecule has 0 N–H and O–H groups in total. The zero-order valence-corrected chi connectivity index (χ0v) is 20.0. The minimum absolute atomic E-state index is 0.000530. The Kier molecular flexibility index (Phi) is 9.80. The van der Waals surface area contributed by atoms with Crippen molar-refractivity contribution < 1.29 is 52.6 Å². The third kappa shape index (κ3) is 7.43. The van der Waals surface area contributed by atoms with E-state index in [0.29, 0.717) is 0 Å². The highest BCUT2D eigenvalue weighted by Gasteiger charge is 2.55. The van der Waals surface area contributed by atoms with E-state index in [0.717, 1.165) is 0 Å². The molecule has 186 valence electrons. The first-order valence-electron chi connectivity index (χ1n) is 10.5. The minimum atomic E-state index is -1.84. The summed E-state index contributed by atoms with van der Waals surface area (Å²) in [7, 11) is 0. The van der Waals surface area contributed by atoms with Gasteiger partial charge in [-0.15, -0.1) is 0 Å². The molecule has 33 heavy (non-hydrogen) atoms. The summed E-state index contributed by atoms with van der Waals surface area (Å²) in [4.78, 5) is 78.1. The van der Waals surface area contributed by atoms with Crippen LogP contribution in [0.25, 0.3) is 0 Å². The summed E-state index contributed by atoms with van der Waals surface area (Å²) in [6.07, 6.45) is -6.58. The normalized spacial score (nSPS) is 19.2. The number of nitrogens with zero attached hydrogens (tertiary/aromatic N) is 1. The van der Waals surface area contributed by atoms with Gasteiger partial charge in [0.2, 0.25) is 12.2 Å². The summed E-state index contributed by atoms with van der Waals surface area (Å²) in [6, 6.07) is 0. The second-order valence-electron chi connectivity index (χ2n) is 8.66. The van der Waals surface area contributed by atoms with E-state index in [4.69, 9.17) is 23.8 Å². The van der Waals surface area contributed by atoms with Crippen LogP contribution in [0.4, 0.5) is 4.79 Å². The highest BCUT2D eigenvalue weighted by Crippen LogP contribution is 2.24. The molecule has 0 aromatic heterocycles. The molecule has 1 heterocycles. The lowest BCUT2D eigenvalue weighted by Crippen LogP contribution is -2.39. The summed E-state index contributed by atoms with van der Waals surface area (Å²) in [5.74, 6) is -7.09. The van der Waals surface area contributed by atoms with Gasteiger partial charge in [-0.05, 0) is 0 Å². The van der Waals surface area contributed by atoms with E-state index >= 15 is 0 Å². The Bertz CT molecular complexity index is 747. The van der Waals surface area contributed by atoms with Gasteiger partial charge in [0.05, 0.1) is 17.8 Å². The molecule has 1 unspecified atom stereocenters. The van der Waals surface area contributed by atoms with E-state index in [1.54, 1.807) is 27.7 Å². The Balaban J connectivity index is 3.03. The van der Waals surface area contributed by atoms with Crippen molar-refractivity contribution in [3.63, 3.8) is 0 Å². The Morgan fingerprint density at radius 3 is 1.39 bits per heavy atom. The third-order valence-electron chi connectivity index (χ3n) is 4.22. The van der Waals surface area contributed by atoms with Crippen LogP contribution in [-0.2, 0) is 47.8 Å². The first-order chi connectivity index (χ1) is 15.2. The van der Waals surface area contributed by atoms with E-state index in [1.807, 2.05) is 0 Å². The first-order valence-corrected chi connectivity index (χ1v) is 10.5. The molecule has 3 atom stereocenters. The second-order valence-corrected chi connectivity index (χ2v) is 8.66. The van der Waals surface area contributed by atoms with Gasteiger partial charge in [0, 0.05) is 5.92 Å². The van der Waals surface area contributed by atoms with Crippen molar-refractivity contribution in [2.24, 2.45) is 23.7 Å². The van der Waals surface area contributed by atoms with Gasteiger partial charge in [0.15, 0.2) is 0 Å². The minimum Gasteiger partial charge on any atom is -0.447 e. The van der Waals surface area contributed by atoms with Crippen LogP contribution < -0.4 is 0 Å². The van der Waals surface area contributed by atoms with E-state index in [9.17, 15) is 28.8 Å². The number of carbonyl (C=O) groups excluding carboxylic acids is 6. The van der Waals surface area contributed by atoms with Crippen LogP contribution in [0.3, 0.4) is 0 Å². The number of hydroxylamine groups is 2. The second kappa shape index (κ2) is 11.6. The predicted octanol–water partition coefficient (Wildman–Crippen LogP) is 1.74. The molecule has 1 rings (SSSR count). The Hall–Kier alpha value is -3.18. The van der Waals surface area contributed by atoms with E-state index in [2.05, 4.69) is 0 Å². The lowest BCUT2D eigenvalue weighted by molar-refractivity contribution is -0.202. The maximum absolute atomic E-state index is 12.7. The van der Waals surface area contributed by atoms with Crippen molar-refractivity contribution in [1.82, 2.24) is 5.06 Å². The summed E-state index contributed by atoms with van der Waals surface area (Å²) >= 11 is 0.